The van der Waals surface area contributed by atoms with E-state index in [0.717, 1.165) is 16.2 Å². The summed E-state index contributed by atoms with van der Waals surface area (Å²) in [7, 11) is -3.94. The number of rotatable bonds is 3. The third-order valence-corrected chi connectivity index (χ3v) is 5.04. The number of para-hydroxylation sites is 1. The van der Waals surface area contributed by atoms with Gasteiger partial charge in [-0.1, -0.05) is 48.5 Å². The highest BCUT2D eigenvalue weighted by Gasteiger charge is 2.18. The van der Waals surface area contributed by atoms with Crippen molar-refractivity contribution in [3.8, 4) is 5.75 Å². The van der Waals surface area contributed by atoms with Gasteiger partial charge in [0, 0.05) is 11.6 Å². The van der Waals surface area contributed by atoms with E-state index in [-0.39, 0.29) is 10.6 Å². The Hall–Kier alpha value is -2.92. The Morgan fingerprint density at radius 2 is 1.50 bits per heavy atom. The maximum absolute atomic E-state index is 12.6. The molecule has 4 rings (SSSR count). The second-order valence-corrected chi connectivity index (χ2v) is 6.92. The second kappa shape index (κ2) is 5.62. The van der Waals surface area contributed by atoms with Gasteiger partial charge < -0.3 is 4.18 Å². The summed E-state index contributed by atoms with van der Waals surface area (Å²) < 4.78 is 30.6. The molecule has 0 aliphatic rings. The number of aromatic nitrogens is 1. The largest absolute Gasteiger partial charge is 0.377 e. The maximum Gasteiger partial charge on any atom is 0.339 e. The second-order valence-electron chi connectivity index (χ2n) is 5.38. The lowest BCUT2D eigenvalue weighted by molar-refractivity contribution is 0.488. The normalized spacial score (nSPS) is 11.7. The van der Waals surface area contributed by atoms with Crippen molar-refractivity contribution in [2.45, 2.75) is 4.90 Å². The Kier molecular flexibility index (Phi) is 3.43. The van der Waals surface area contributed by atoms with Gasteiger partial charge in [-0.15, -0.1) is 0 Å². The Morgan fingerprint density at radius 3 is 2.38 bits per heavy atom. The molecule has 4 nitrogen and oxygen atoms in total. The van der Waals surface area contributed by atoms with E-state index in [0.29, 0.717) is 5.52 Å². The minimum atomic E-state index is -3.94. The summed E-state index contributed by atoms with van der Waals surface area (Å²) in [5.41, 5.74) is 0.518. The van der Waals surface area contributed by atoms with Gasteiger partial charge in [-0.3, -0.25) is 4.98 Å². The fourth-order valence-electron chi connectivity index (χ4n) is 2.63. The Morgan fingerprint density at radius 1 is 0.750 bits per heavy atom. The van der Waals surface area contributed by atoms with Crippen molar-refractivity contribution in [1.82, 2.24) is 4.98 Å². The Bertz CT molecular complexity index is 1150. The molecule has 0 bridgehead atoms. The standard InChI is InChI=1S/C19H13NO3S/c21-24(22,17-11-10-14-5-1-2-6-16(14)13-17)23-18-9-3-7-15-8-4-12-20-19(15)18/h1-13H. The first-order chi connectivity index (χ1) is 11.6. The van der Waals surface area contributed by atoms with Crippen molar-refractivity contribution in [1.29, 1.82) is 0 Å². The third-order valence-electron chi connectivity index (χ3n) is 3.80. The molecule has 0 amide bonds. The van der Waals surface area contributed by atoms with Crippen molar-refractivity contribution in [2.24, 2.45) is 0 Å². The van der Waals surface area contributed by atoms with Crippen molar-refractivity contribution >= 4 is 31.8 Å². The van der Waals surface area contributed by atoms with E-state index in [1.54, 1.807) is 42.6 Å². The third kappa shape index (κ3) is 2.59. The van der Waals surface area contributed by atoms with Gasteiger partial charge in [0.1, 0.15) is 10.4 Å². The van der Waals surface area contributed by atoms with Gasteiger partial charge in [-0.05, 0) is 35.0 Å². The summed E-state index contributed by atoms with van der Waals surface area (Å²) in [6.07, 6.45) is 1.61. The predicted molar refractivity (Wildman–Crippen MR) is 93.5 cm³/mol. The van der Waals surface area contributed by atoms with Gasteiger partial charge in [0.2, 0.25) is 0 Å². The molecule has 0 aliphatic carbocycles. The van der Waals surface area contributed by atoms with E-state index in [2.05, 4.69) is 4.98 Å². The van der Waals surface area contributed by atoms with Crippen LogP contribution in [0.5, 0.6) is 5.75 Å². The lowest BCUT2D eigenvalue weighted by Gasteiger charge is -2.09. The summed E-state index contributed by atoms with van der Waals surface area (Å²) in [6, 6.07) is 21.4. The van der Waals surface area contributed by atoms with Crippen LogP contribution in [0.4, 0.5) is 0 Å². The number of fused-ring (bicyclic) bond motifs is 2. The molecule has 0 saturated heterocycles. The quantitative estimate of drug-likeness (QED) is 0.528. The van der Waals surface area contributed by atoms with Crippen molar-refractivity contribution in [3.63, 3.8) is 0 Å². The number of benzene rings is 3. The molecule has 5 heteroatoms. The zero-order valence-electron chi connectivity index (χ0n) is 12.6. The predicted octanol–water partition coefficient (Wildman–Crippen LogP) is 4.16. The molecule has 3 aromatic carbocycles. The van der Waals surface area contributed by atoms with Crippen LogP contribution in [0.1, 0.15) is 0 Å². The van der Waals surface area contributed by atoms with Crippen LogP contribution < -0.4 is 4.18 Å². The first-order valence-electron chi connectivity index (χ1n) is 7.40. The summed E-state index contributed by atoms with van der Waals surface area (Å²) in [4.78, 5) is 4.34. The minimum absolute atomic E-state index is 0.120. The molecule has 0 unspecified atom stereocenters. The first-order valence-corrected chi connectivity index (χ1v) is 8.81. The summed E-state index contributed by atoms with van der Waals surface area (Å²) in [5.74, 6) is 0.223. The van der Waals surface area contributed by atoms with Gasteiger partial charge in [0.25, 0.3) is 0 Å². The highest BCUT2D eigenvalue weighted by molar-refractivity contribution is 7.87. The Labute approximate surface area is 139 Å². The maximum atomic E-state index is 12.6. The van der Waals surface area contributed by atoms with Crippen molar-refractivity contribution in [2.75, 3.05) is 0 Å². The van der Waals surface area contributed by atoms with E-state index in [1.165, 1.54) is 0 Å². The van der Waals surface area contributed by atoms with E-state index in [9.17, 15) is 8.42 Å². The highest BCUT2D eigenvalue weighted by Crippen LogP contribution is 2.27. The molecule has 0 fully saturated rings. The molecule has 118 valence electrons. The summed E-state index contributed by atoms with van der Waals surface area (Å²) in [5, 5.41) is 2.64. The van der Waals surface area contributed by atoms with E-state index in [4.69, 9.17) is 4.18 Å². The number of nitrogens with zero attached hydrogens (tertiary/aromatic N) is 1. The molecule has 4 aromatic rings. The SMILES string of the molecule is O=S(=O)(Oc1cccc2cccnc12)c1ccc2ccccc2c1. The molecule has 24 heavy (non-hydrogen) atoms. The molecule has 0 spiro atoms. The lowest BCUT2D eigenvalue weighted by atomic mass is 10.1. The molecule has 1 heterocycles. The summed E-state index contributed by atoms with van der Waals surface area (Å²) >= 11 is 0. The van der Waals surface area contributed by atoms with Crippen LogP contribution in [0.25, 0.3) is 21.7 Å². The van der Waals surface area contributed by atoms with Crippen molar-refractivity contribution < 1.29 is 12.6 Å². The van der Waals surface area contributed by atoms with Crippen molar-refractivity contribution in [3.05, 3.63) is 79.0 Å². The fourth-order valence-corrected chi connectivity index (χ4v) is 3.61. The van der Waals surface area contributed by atoms with Crippen LogP contribution in [0.2, 0.25) is 0 Å². The molecule has 0 atom stereocenters. The van der Waals surface area contributed by atoms with E-state index < -0.39 is 10.1 Å². The lowest BCUT2D eigenvalue weighted by Crippen LogP contribution is -2.10. The van der Waals surface area contributed by atoms with Gasteiger partial charge in [0.15, 0.2) is 5.75 Å². The smallest absolute Gasteiger partial charge is 0.339 e. The topological polar surface area (TPSA) is 56.3 Å². The first kappa shape index (κ1) is 14.7. The number of pyridine rings is 1. The van der Waals surface area contributed by atoms with Gasteiger partial charge in [-0.2, -0.15) is 8.42 Å². The number of hydrogen-bond acceptors (Lipinski definition) is 4. The van der Waals surface area contributed by atoms with Gasteiger partial charge >= 0.3 is 10.1 Å². The molecular weight excluding hydrogens is 322 g/mol. The van der Waals surface area contributed by atoms with E-state index in [1.807, 2.05) is 36.4 Å². The zero-order chi connectivity index (χ0) is 16.6. The molecular formula is C19H13NO3S. The van der Waals surface area contributed by atoms with Crippen LogP contribution in [-0.4, -0.2) is 13.4 Å². The average Bonchev–Trinajstić information content (AvgIpc) is 2.61. The minimum Gasteiger partial charge on any atom is -0.377 e. The zero-order valence-corrected chi connectivity index (χ0v) is 13.4. The van der Waals surface area contributed by atoms with Crippen LogP contribution in [0.3, 0.4) is 0 Å². The molecule has 0 N–H and O–H groups in total. The van der Waals surface area contributed by atoms with Crippen LogP contribution >= 0.6 is 0 Å². The summed E-state index contributed by atoms with van der Waals surface area (Å²) in [6.45, 7) is 0. The highest BCUT2D eigenvalue weighted by atomic mass is 32.2. The van der Waals surface area contributed by atoms with Gasteiger partial charge in [-0.25, -0.2) is 0 Å². The fraction of sp³-hybridized carbons (Fsp3) is 0. The molecule has 1 aromatic heterocycles. The van der Waals surface area contributed by atoms with E-state index >= 15 is 0 Å². The molecule has 0 radical (unpaired) electrons. The monoisotopic (exact) mass is 335 g/mol. The molecule has 0 aliphatic heterocycles. The number of hydrogen-bond donors (Lipinski definition) is 0. The van der Waals surface area contributed by atoms with Crippen LogP contribution in [0.15, 0.2) is 83.9 Å². The average molecular weight is 335 g/mol. The van der Waals surface area contributed by atoms with Crippen LogP contribution in [0, 0.1) is 0 Å². The molecule has 0 saturated carbocycles. The Balaban J connectivity index is 1.79. The van der Waals surface area contributed by atoms with Crippen LogP contribution in [-0.2, 0) is 10.1 Å². The van der Waals surface area contributed by atoms with Gasteiger partial charge in [0.05, 0.1) is 0 Å².